The molecule has 5 aromatic rings. The van der Waals surface area contributed by atoms with Crippen molar-refractivity contribution in [3.8, 4) is 11.1 Å². The van der Waals surface area contributed by atoms with Crippen LogP contribution < -0.4 is 5.32 Å². The van der Waals surface area contributed by atoms with Gasteiger partial charge in [-0.1, -0.05) is 66.7 Å². The predicted octanol–water partition coefficient (Wildman–Crippen LogP) is 7.47. The number of benzene rings is 4. The lowest BCUT2D eigenvalue weighted by Gasteiger charge is -2.07. The Morgan fingerprint density at radius 2 is 1.35 bits per heavy atom. The molecule has 124 valence electrons. The number of thiophene rings is 1. The monoisotopic (exact) mass is 351 g/mol. The molecular weight excluding hydrogens is 334 g/mol. The van der Waals surface area contributed by atoms with Gasteiger partial charge in [-0.2, -0.15) is 0 Å². The van der Waals surface area contributed by atoms with Gasteiger partial charge in [-0.05, 0) is 41.5 Å². The van der Waals surface area contributed by atoms with Gasteiger partial charge >= 0.3 is 0 Å². The molecule has 0 aliphatic heterocycles. The summed E-state index contributed by atoms with van der Waals surface area (Å²) < 4.78 is 2.64. The SMILES string of the molecule is c1ccc(Nc2ccc3c(c2)sc2cccc(-c4ccccc4)c23)cc1. The van der Waals surface area contributed by atoms with Gasteiger partial charge < -0.3 is 5.32 Å². The third-order valence-corrected chi connectivity index (χ3v) is 5.76. The number of hydrogen-bond donors (Lipinski definition) is 1. The fourth-order valence-electron chi connectivity index (χ4n) is 3.45. The van der Waals surface area contributed by atoms with Crippen LogP contribution in [0.1, 0.15) is 0 Å². The van der Waals surface area contributed by atoms with Crippen LogP contribution in [0.4, 0.5) is 11.4 Å². The van der Waals surface area contributed by atoms with Crippen molar-refractivity contribution < 1.29 is 0 Å². The summed E-state index contributed by atoms with van der Waals surface area (Å²) in [7, 11) is 0. The van der Waals surface area contributed by atoms with Crippen molar-refractivity contribution in [1.29, 1.82) is 0 Å². The molecule has 0 saturated carbocycles. The van der Waals surface area contributed by atoms with Crippen LogP contribution in [0.3, 0.4) is 0 Å². The van der Waals surface area contributed by atoms with Crippen molar-refractivity contribution in [1.82, 2.24) is 0 Å². The maximum absolute atomic E-state index is 3.49. The van der Waals surface area contributed by atoms with Crippen LogP contribution in [-0.4, -0.2) is 0 Å². The smallest absolute Gasteiger partial charge is 0.0398 e. The van der Waals surface area contributed by atoms with Crippen molar-refractivity contribution in [3.63, 3.8) is 0 Å². The Morgan fingerprint density at radius 3 is 2.15 bits per heavy atom. The number of nitrogens with one attached hydrogen (secondary N) is 1. The highest BCUT2D eigenvalue weighted by Gasteiger charge is 2.11. The van der Waals surface area contributed by atoms with E-state index < -0.39 is 0 Å². The zero-order chi connectivity index (χ0) is 17.3. The molecule has 26 heavy (non-hydrogen) atoms. The van der Waals surface area contributed by atoms with Crippen molar-refractivity contribution in [3.05, 3.63) is 97.1 Å². The highest BCUT2D eigenvalue weighted by molar-refractivity contribution is 7.26. The predicted molar refractivity (Wildman–Crippen MR) is 114 cm³/mol. The van der Waals surface area contributed by atoms with Gasteiger partial charge in [0.2, 0.25) is 0 Å². The van der Waals surface area contributed by atoms with E-state index in [0.717, 1.165) is 11.4 Å². The molecule has 0 spiro atoms. The molecule has 0 aliphatic rings. The average molecular weight is 351 g/mol. The summed E-state index contributed by atoms with van der Waals surface area (Å²) in [4.78, 5) is 0. The Morgan fingerprint density at radius 1 is 0.577 bits per heavy atom. The van der Waals surface area contributed by atoms with E-state index in [2.05, 4.69) is 84.2 Å². The third-order valence-electron chi connectivity index (χ3n) is 4.64. The molecule has 1 aromatic heterocycles. The minimum Gasteiger partial charge on any atom is -0.355 e. The second-order valence-corrected chi connectivity index (χ2v) is 7.43. The Bertz CT molecular complexity index is 1190. The first-order chi connectivity index (χ1) is 12.9. The van der Waals surface area contributed by atoms with Crippen LogP contribution in [0.25, 0.3) is 31.3 Å². The van der Waals surface area contributed by atoms with E-state index >= 15 is 0 Å². The van der Waals surface area contributed by atoms with Crippen LogP contribution in [0, 0.1) is 0 Å². The number of rotatable bonds is 3. The highest BCUT2D eigenvalue weighted by Crippen LogP contribution is 2.41. The zero-order valence-corrected chi connectivity index (χ0v) is 15.0. The maximum atomic E-state index is 3.49. The number of fused-ring (bicyclic) bond motifs is 3. The summed E-state index contributed by atoms with van der Waals surface area (Å²) in [5.41, 5.74) is 4.80. The number of anilines is 2. The maximum Gasteiger partial charge on any atom is 0.0398 e. The molecule has 0 saturated heterocycles. The largest absolute Gasteiger partial charge is 0.355 e. The van der Waals surface area contributed by atoms with Crippen LogP contribution in [0.5, 0.6) is 0 Å². The first-order valence-electron chi connectivity index (χ1n) is 8.71. The quantitative estimate of drug-likeness (QED) is 0.355. The summed E-state index contributed by atoms with van der Waals surface area (Å²) in [6, 6.07) is 34.2. The van der Waals surface area contributed by atoms with Gasteiger partial charge in [0.25, 0.3) is 0 Å². The summed E-state index contributed by atoms with van der Waals surface area (Å²) >= 11 is 1.86. The summed E-state index contributed by atoms with van der Waals surface area (Å²) in [5, 5.41) is 6.17. The lowest BCUT2D eigenvalue weighted by atomic mass is 9.99. The number of para-hydroxylation sites is 1. The molecule has 1 N–H and O–H groups in total. The van der Waals surface area contributed by atoms with Crippen molar-refractivity contribution in [2.45, 2.75) is 0 Å². The summed E-state index contributed by atoms with van der Waals surface area (Å²) in [6.45, 7) is 0. The molecule has 0 amide bonds. The van der Waals surface area contributed by atoms with Crippen LogP contribution >= 0.6 is 11.3 Å². The Kier molecular flexibility index (Phi) is 3.69. The van der Waals surface area contributed by atoms with Crippen LogP contribution in [-0.2, 0) is 0 Å². The van der Waals surface area contributed by atoms with Gasteiger partial charge in [-0.3, -0.25) is 0 Å². The molecule has 0 aliphatic carbocycles. The van der Waals surface area contributed by atoms with Gasteiger partial charge in [0.05, 0.1) is 0 Å². The topological polar surface area (TPSA) is 12.0 Å². The fourth-order valence-corrected chi connectivity index (χ4v) is 4.62. The van der Waals surface area contributed by atoms with Gasteiger partial charge in [-0.15, -0.1) is 11.3 Å². The van der Waals surface area contributed by atoms with Crippen molar-refractivity contribution in [2.75, 3.05) is 5.32 Å². The summed E-state index contributed by atoms with van der Waals surface area (Å²) in [6.07, 6.45) is 0. The van der Waals surface area contributed by atoms with E-state index in [1.165, 1.54) is 31.3 Å². The second-order valence-electron chi connectivity index (χ2n) is 6.35. The second kappa shape index (κ2) is 6.32. The Labute approximate surface area is 156 Å². The Hall–Kier alpha value is -3.10. The molecule has 5 rings (SSSR count). The molecule has 1 nitrogen and oxygen atoms in total. The first kappa shape index (κ1) is 15.2. The molecule has 4 aromatic carbocycles. The van der Waals surface area contributed by atoms with E-state index in [1.54, 1.807) is 0 Å². The van der Waals surface area contributed by atoms with Gasteiger partial charge in [0.15, 0.2) is 0 Å². The van der Waals surface area contributed by atoms with E-state index in [-0.39, 0.29) is 0 Å². The molecule has 0 fully saturated rings. The Balaban J connectivity index is 1.66. The molecule has 2 heteroatoms. The molecule has 0 atom stereocenters. The van der Waals surface area contributed by atoms with Gasteiger partial charge in [0.1, 0.15) is 0 Å². The molecule has 1 heterocycles. The van der Waals surface area contributed by atoms with Crippen LogP contribution in [0.2, 0.25) is 0 Å². The van der Waals surface area contributed by atoms with E-state index in [9.17, 15) is 0 Å². The normalized spacial score (nSPS) is 11.1. The first-order valence-corrected chi connectivity index (χ1v) is 9.53. The third kappa shape index (κ3) is 2.65. The molecule has 0 unspecified atom stereocenters. The fraction of sp³-hybridized carbons (Fsp3) is 0. The minimum atomic E-state index is 1.11. The molecule has 0 radical (unpaired) electrons. The van der Waals surface area contributed by atoms with Gasteiger partial charge in [0, 0.05) is 31.5 Å². The van der Waals surface area contributed by atoms with E-state index in [0.29, 0.717) is 0 Å². The minimum absolute atomic E-state index is 1.11. The molecular formula is C24H17NS. The zero-order valence-electron chi connectivity index (χ0n) is 14.1. The highest BCUT2D eigenvalue weighted by atomic mass is 32.1. The number of hydrogen-bond acceptors (Lipinski definition) is 2. The van der Waals surface area contributed by atoms with Crippen LogP contribution in [0.15, 0.2) is 97.1 Å². The van der Waals surface area contributed by atoms with E-state index in [1.807, 2.05) is 29.5 Å². The summed E-state index contributed by atoms with van der Waals surface area (Å²) in [5.74, 6) is 0. The lowest BCUT2D eigenvalue weighted by Crippen LogP contribution is -1.88. The standard InChI is InChI=1S/C24H17NS/c1-3-8-17(9-4-1)20-12-7-13-22-24(20)21-15-14-19(16-23(21)26-22)25-18-10-5-2-6-11-18/h1-16,25H. The van der Waals surface area contributed by atoms with Crippen molar-refractivity contribution in [2.24, 2.45) is 0 Å². The van der Waals surface area contributed by atoms with Crippen molar-refractivity contribution >= 4 is 42.9 Å². The average Bonchev–Trinajstić information content (AvgIpc) is 3.07. The lowest BCUT2D eigenvalue weighted by molar-refractivity contribution is 1.57. The van der Waals surface area contributed by atoms with Gasteiger partial charge in [-0.25, -0.2) is 0 Å². The van der Waals surface area contributed by atoms with E-state index in [4.69, 9.17) is 0 Å². The molecule has 0 bridgehead atoms.